The summed E-state index contributed by atoms with van der Waals surface area (Å²) in [6.45, 7) is 0.333. The Morgan fingerprint density at radius 1 is 1.42 bits per heavy atom. The van der Waals surface area contributed by atoms with Crippen LogP contribution >= 0.6 is 11.6 Å². The van der Waals surface area contributed by atoms with E-state index in [0.717, 1.165) is 29.0 Å². The van der Waals surface area contributed by atoms with Crippen molar-refractivity contribution in [3.8, 4) is 0 Å². The number of fused-ring (bicyclic) bond motifs is 1. The number of carbonyl (C=O) groups excluding carboxylic acids is 2. The summed E-state index contributed by atoms with van der Waals surface area (Å²) in [6.07, 6.45) is 1.72. The maximum atomic E-state index is 12.0. The number of carbonyl (C=O) groups is 2. The molecule has 1 fully saturated rings. The Morgan fingerprint density at radius 2 is 2.26 bits per heavy atom. The molecule has 1 aliphatic carbocycles. The molecule has 1 saturated heterocycles. The maximum Gasteiger partial charge on any atom is 0.315 e. The monoisotopic (exact) mass is 279 g/mol. The quantitative estimate of drug-likeness (QED) is 0.759. The lowest BCUT2D eigenvalue weighted by Crippen LogP contribution is -2.43. The first-order valence-electron chi connectivity index (χ1n) is 6.27. The van der Waals surface area contributed by atoms with Gasteiger partial charge in [0.05, 0.1) is 6.04 Å². The average molecular weight is 280 g/mol. The number of amides is 3. The van der Waals surface area contributed by atoms with E-state index in [0.29, 0.717) is 6.54 Å². The predicted molar refractivity (Wildman–Crippen MR) is 71.0 cm³/mol. The number of rotatable bonds is 2. The number of nitrogens with one attached hydrogen (secondary N) is 3. The fourth-order valence-electron chi connectivity index (χ4n) is 2.65. The van der Waals surface area contributed by atoms with E-state index in [1.165, 1.54) is 0 Å². The number of hydrogen-bond acceptors (Lipinski definition) is 2. The van der Waals surface area contributed by atoms with Crippen LogP contribution in [-0.4, -0.2) is 24.5 Å². The summed E-state index contributed by atoms with van der Waals surface area (Å²) in [4.78, 5) is 23.1. The van der Waals surface area contributed by atoms with E-state index in [-0.39, 0.29) is 18.0 Å². The van der Waals surface area contributed by atoms with Crippen molar-refractivity contribution in [3.63, 3.8) is 0 Å². The highest BCUT2D eigenvalue weighted by atomic mass is 35.5. The molecule has 2 aliphatic rings. The maximum absolute atomic E-state index is 12.0. The van der Waals surface area contributed by atoms with Gasteiger partial charge in [0.1, 0.15) is 6.04 Å². The standard InChI is InChI=1S/C13H14ClN3O2/c14-9-3-1-2-8-7(9)4-5-10(8)16-12(18)11-6-15-13(19)17-11/h1-3,10-11H,4-6H2,(H,16,18)(H2,15,17,19). The summed E-state index contributed by atoms with van der Waals surface area (Å²) in [7, 11) is 0. The minimum atomic E-state index is -0.490. The summed E-state index contributed by atoms with van der Waals surface area (Å²) in [5, 5.41) is 8.87. The molecule has 6 heteroatoms. The van der Waals surface area contributed by atoms with E-state index in [9.17, 15) is 9.59 Å². The van der Waals surface area contributed by atoms with Gasteiger partial charge in [0.25, 0.3) is 0 Å². The lowest BCUT2D eigenvalue weighted by atomic mass is 10.1. The Balaban J connectivity index is 1.71. The van der Waals surface area contributed by atoms with E-state index in [1.54, 1.807) is 0 Å². The molecule has 1 aromatic carbocycles. The van der Waals surface area contributed by atoms with Crippen molar-refractivity contribution in [1.82, 2.24) is 16.0 Å². The summed E-state index contributed by atoms with van der Waals surface area (Å²) in [6, 6.07) is 4.95. The molecule has 3 rings (SSSR count). The van der Waals surface area contributed by atoms with Gasteiger partial charge in [0, 0.05) is 11.6 Å². The van der Waals surface area contributed by atoms with Gasteiger partial charge in [-0.25, -0.2) is 4.79 Å². The Morgan fingerprint density at radius 3 is 3.00 bits per heavy atom. The molecule has 2 unspecified atom stereocenters. The van der Waals surface area contributed by atoms with Gasteiger partial charge < -0.3 is 16.0 Å². The van der Waals surface area contributed by atoms with E-state index in [1.807, 2.05) is 18.2 Å². The molecule has 3 N–H and O–H groups in total. The van der Waals surface area contributed by atoms with Crippen LogP contribution in [0.3, 0.4) is 0 Å². The summed E-state index contributed by atoms with van der Waals surface area (Å²) in [5.74, 6) is -0.156. The van der Waals surface area contributed by atoms with Gasteiger partial charge in [0.2, 0.25) is 5.91 Å². The van der Waals surface area contributed by atoms with Crippen molar-refractivity contribution >= 4 is 23.5 Å². The molecule has 3 amide bonds. The van der Waals surface area contributed by atoms with Gasteiger partial charge in [-0.1, -0.05) is 23.7 Å². The summed E-state index contributed by atoms with van der Waals surface area (Å²) >= 11 is 6.14. The van der Waals surface area contributed by atoms with Crippen molar-refractivity contribution in [2.24, 2.45) is 0 Å². The second-order valence-electron chi connectivity index (χ2n) is 4.81. The van der Waals surface area contributed by atoms with Crippen LogP contribution in [0.5, 0.6) is 0 Å². The minimum Gasteiger partial charge on any atom is -0.347 e. The zero-order valence-electron chi connectivity index (χ0n) is 10.2. The fourth-order valence-corrected chi connectivity index (χ4v) is 2.92. The Bertz CT molecular complexity index is 547. The number of urea groups is 1. The highest BCUT2D eigenvalue weighted by Crippen LogP contribution is 2.35. The van der Waals surface area contributed by atoms with Crippen molar-refractivity contribution in [2.45, 2.75) is 24.9 Å². The third-order valence-corrected chi connectivity index (χ3v) is 3.97. The first-order chi connectivity index (χ1) is 9.15. The van der Waals surface area contributed by atoms with Crippen LogP contribution < -0.4 is 16.0 Å². The molecule has 100 valence electrons. The largest absolute Gasteiger partial charge is 0.347 e. The topological polar surface area (TPSA) is 70.2 Å². The normalized spacial score (nSPS) is 24.6. The third kappa shape index (κ3) is 2.26. The van der Waals surface area contributed by atoms with Crippen LogP contribution in [0.15, 0.2) is 18.2 Å². The molecular weight excluding hydrogens is 266 g/mol. The van der Waals surface area contributed by atoms with Crippen molar-refractivity contribution in [2.75, 3.05) is 6.54 Å². The molecule has 0 aromatic heterocycles. The number of benzene rings is 1. The lowest BCUT2D eigenvalue weighted by molar-refractivity contribution is -0.123. The van der Waals surface area contributed by atoms with Crippen LogP contribution in [0.1, 0.15) is 23.6 Å². The zero-order chi connectivity index (χ0) is 13.4. The Labute approximate surface area is 115 Å². The molecular formula is C13H14ClN3O2. The van der Waals surface area contributed by atoms with Crippen molar-refractivity contribution < 1.29 is 9.59 Å². The summed E-state index contributed by atoms with van der Waals surface area (Å²) < 4.78 is 0. The molecule has 0 spiro atoms. The van der Waals surface area contributed by atoms with Gasteiger partial charge in [0.15, 0.2) is 0 Å². The summed E-state index contributed by atoms with van der Waals surface area (Å²) in [5.41, 5.74) is 2.20. The highest BCUT2D eigenvalue weighted by Gasteiger charge is 2.31. The molecule has 0 bridgehead atoms. The van der Waals surface area contributed by atoms with Gasteiger partial charge in [-0.15, -0.1) is 0 Å². The smallest absolute Gasteiger partial charge is 0.315 e. The Hall–Kier alpha value is -1.75. The molecule has 1 aromatic rings. The SMILES string of the molecule is O=C1NCC(C(=O)NC2CCc3c(Cl)cccc32)N1. The molecule has 1 aliphatic heterocycles. The second kappa shape index (κ2) is 4.74. The molecule has 19 heavy (non-hydrogen) atoms. The van der Waals surface area contributed by atoms with E-state index >= 15 is 0 Å². The van der Waals surface area contributed by atoms with Gasteiger partial charge in [-0.05, 0) is 30.0 Å². The zero-order valence-corrected chi connectivity index (χ0v) is 11.0. The average Bonchev–Trinajstić information content (AvgIpc) is 2.98. The Kier molecular flexibility index (Phi) is 3.06. The first-order valence-corrected chi connectivity index (χ1v) is 6.65. The number of hydrogen-bond donors (Lipinski definition) is 3. The van der Waals surface area contributed by atoms with E-state index < -0.39 is 6.04 Å². The lowest BCUT2D eigenvalue weighted by Gasteiger charge is -2.17. The van der Waals surface area contributed by atoms with Crippen LogP contribution in [0, 0.1) is 0 Å². The minimum absolute atomic E-state index is 0.0151. The van der Waals surface area contributed by atoms with Crippen LogP contribution in [-0.2, 0) is 11.2 Å². The molecule has 0 radical (unpaired) electrons. The second-order valence-corrected chi connectivity index (χ2v) is 5.22. The van der Waals surface area contributed by atoms with Gasteiger partial charge in [-0.3, -0.25) is 4.79 Å². The first kappa shape index (κ1) is 12.3. The van der Waals surface area contributed by atoms with E-state index in [2.05, 4.69) is 16.0 Å². The molecule has 5 nitrogen and oxygen atoms in total. The van der Waals surface area contributed by atoms with Gasteiger partial charge in [-0.2, -0.15) is 0 Å². The third-order valence-electron chi connectivity index (χ3n) is 3.62. The van der Waals surface area contributed by atoms with Crippen LogP contribution in [0.2, 0.25) is 5.02 Å². The predicted octanol–water partition coefficient (Wildman–Crippen LogP) is 1.12. The van der Waals surface area contributed by atoms with Crippen molar-refractivity contribution in [3.05, 3.63) is 34.3 Å². The highest BCUT2D eigenvalue weighted by molar-refractivity contribution is 6.31. The molecule has 2 atom stereocenters. The van der Waals surface area contributed by atoms with Crippen LogP contribution in [0.25, 0.3) is 0 Å². The van der Waals surface area contributed by atoms with E-state index in [4.69, 9.17) is 11.6 Å². The number of halogens is 1. The van der Waals surface area contributed by atoms with Crippen LogP contribution in [0.4, 0.5) is 4.79 Å². The van der Waals surface area contributed by atoms with Crippen molar-refractivity contribution in [1.29, 1.82) is 0 Å². The van der Waals surface area contributed by atoms with Gasteiger partial charge >= 0.3 is 6.03 Å². The molecule has 0 saturated carbocycles. The molecule has 1 heterocycles. The fraction of sp³-hybridized carbons (Fsp3) is 0.385.